The van der Waals surface area contributed by atoms with Gasteiger partial charge in [-0.15, -0.1) is 0 Å². The van der Waals surface area contributed by atoms with E-state index in [1.807, 2.05) is 93.8 Å². The average Bonchev–Trinajstić information content (AvgIpc) is 3.27. The largest absolute Gasteiger partial charge is 0.444 e. The molecule has 1 aromatic heterocycles. The van der Waals surface area contributed by atoms with Crippen molar-refractivity contribution in [2.24, 2.45) is 28.3 Å². The van der Waals surface area contributed by atoms with E-state index < -0.39 is 34.6 Å². The number of para-hydroxylation sites is 3. The first-order chi connectivity index (χ1) is 22.3. The van der Waals surface area contributed by atoms with E-state index in [-0.39, 0.29) is 23.9 Å². The molecule has 5 aliphatic rings. The second kappa shape index (κ2) is 11.6. The van der Waals surface area contributed by atoms with Crippen molar-refractivity contribution in [1.82, 2.24) is 14.0 Å². The minimum atomic E-state index is -0.951. The van der Waals surface area contributed by atoms with Gasteiger partial charge in [-0.3, -0.25) is 19.9 Å². The smallest absolute Gasteiger partial charge is 0.412 e. The van der Waals surface area contributed by atoms with Crippen molar-refractivity contribution in [3.63, 3.8) is 0 Å². The van der Waals surface area contributed by atoms with Crippen LogP contribution in [0.15, 0.2) is 69.3 Å². The number of carbonyl (C=O) groups excluding carboxylic acids is 1. The number of carbonyl (C=O) groups is 1. The van der Waals surface area contributed by atoms with E-state index in [4.69, 9.17) is 9.47 Å². The molecule has 8 rings (SSSR count). The number of benzene rings is 2. The molecule has 10 heteroatoms. The maximum atomic E-state index is 14.7. The number of nitrogens with one attached hydrogen (secondary N) is 1. The Labute approximate surface area is 275 Å². The normalized spacial score (nSPS) is 28.2. The molecule has 0 unspecified atom stereocenters. The maximum Gasteiger partial charge on any atom is 0.412 e. The van der Waals surface area contributed by atoms with Gasteiger partial charge in [0.25, 0.3) is 11.1 Å². The van der Waals surface area contributed by atoms with Crippen molar-refractivity contribution in [2.75, 3.05) is 12.0 Å². The van der Waals surface area contributed by atoms with Gasteiger partial charge in [-0.2, -0.15) is 5.10 Å². The average molecular weight is 642 g/mol. The van der Waals surface area contributed by atoms with Crippen LogP contribution in [0, 0.1) is 23.2 Å². The van der Waals surface area contributed by atoms with Crippen LogP contribution in [0.1, 0.15) is 73.1 Å². The minimum absolute atomic E-state index is 0.0323. The van der Waals surface area contributed by atoms with Crippen molar-refractivity contribution in [1.29, 1.82) is 0 Å². The maximum absolute atomic E-state index is 14.7. The van der Waals surface area contributed by atoms with Crippen LogP contribution in [-0.4, -0.2) is 44.1 Å². The number of nitrogens with zero attached hydrogens (tertiary/aromatic N) is 4. The van der Waals surface area contributed by atoms with Crippen molar-refractivity contribution >= 4 is 22.8 Å². The van der Waals surface area contributed by atoms with Crippen LogP contribution in [0.25, 0.3) is 11.0 Å². The Morgan fingerprint density at radius 3 is 2.04 bits per heavy atom. The summed E-state index contributed by atoms with van der Waals surface area (Å²) in [6, 6.07) is 16.4. The summed E-state index contributed by atoms with van der Waals surface area (Å²) in [5.41, 5.74) is 2.40. The molecule has 0 radical (unpaired) electrons. The summed E-state index contributed by atoms with van der Waals surface area (Å²) < 4.78 is 15.3. The zero-order chi connectivity index (χ0) is 33.1. The van der Waals surface area contributed by atoms with Crippen molar-refractivity contribution < 1.29 is 14.3 Å². The fourth-order valence-electron chi connectivity index (χ4n) is 9.28. The SMILES string of the molecule is CC(C)(C)OC(=O)N1[C@@H](Cn2c(=O)/c(=N/Nc3ccccc3)c(=O)n(CC34CC5CC(CC(C5)C3)C4)c3ccccc32)COC1(C)C. The molecule has 5 fully saturated rings. The molecule has 1 aliphatic heterocycles. The molecule has 10 nitrogen and oxygen atoms in total. The molecule has 0 spiro atoms. The zero-order valence-corrected chi connectivity index (χ0v) is 28.2. The molecule has 3 aromatic rings. The third kappa shape index (κ3) is 6.12. The van der Waals surface area contributed by atoms with E-state index in [0.717, 1.165) is 19.3 Å². The molecule has 4 aliphatic carbocycles. The Bertz CT molecular complexity index is 1840. The van der Waals surface area contributed by atoms with Gasteiger partial charge in [0, 0.05) is 13.1 Å². The molecular formula is C37H47N5O5. The highest BCUT2D eigenvalue weighted by atomic mass is 16.6. The first-order valence-electron chi connectivity index (χ1n) is 17.1. The highest BCUT2D eigenvalue weighted by molar-refractivity contribution is 5.75. The lowest BCUT2D eigenvalue weighted by Crippen LogP contribution is -2.53. The quantitative estimate of drug-likeness (QED) is 0.347. The van der Waals surface area contributed by atoms with Gasteiger partial charge in [0.05, 0.1) is 29.4 Å². The molecule has 1 N–H and O–H groups in total. The van der Waals surface area contributed by atoms with Crippen molar-refractivity contribution in [3.05, 3.63) is 80.7 Å². The zero-order valence-electron chi connectivity index (χ0n) is 28.2. The molecule has 4 saturated carbocycles. The lowest BCUT2D eigenvalue weighted by molar-refractivity contribution is -0.0630. The summed E-state index contributed by atoms with van der Waals surface area (Å²) in [5, 5.41) is 4.32. The van der Waals surface area contributed by atoms with Gasteiger partial charge >= 0.3 is 6.09 Å². The Hall–Kier alpha value is -3.92. The Morgan fingerprint density at radius 1 is 0.894 bits per heavy atom. The molecule has 2 heterocycles. The molecule has 1 atom stereocenters. The fraction of sp³-hybridized carbons (Fsp3) is 0.568. The number of ether oxygens (including phenoxy) is 2. The van der Waals surface area contributed by atoms with Crippen LogP contribution in [-0.2, 0) is 22.6 Å². The van der Waals surface area contributed by atoms with E-state index in [2.05, 4.69) is 10.5 Å². The van der Waals surface area contributed by atoms with Gasteiger partial charge in [-0.05, 0) is 121 Å². The number of rotatable bonds is 6. The molecule has 2 aromatic carbocycles. The Kier molecular flexibility index (Phi) is 7.85. The van der Waals surface area contributed by atoms with E-state index in [9.17, 15) is 14.4 Å². The lowest BCUT2D eigenvalue weighted by atomic mass is 9.49. The van der Waals surface area contributed by atoms with Crippen LogP contribution in [0.4, 0.5) is 10.5 Å². The Balaban J connectivity index is 1.39. The summed E-state index contributed by atoms with van der Waals surface area (Å²) in [6.45, 7) is 9.98. The highest BCUT2D eigenvalue weighted by Crippen LogP contribution is 2.60. The van der Waals surface area contributed by atoms with Crippen LogP contribution in [0.3, 0.4) is 0 Å². The molecular weight excluding hydrogens is 594 g/mol. The van der Waals surface area contributed by atoms with Crippen molar-refractivity contribution in [3.8, 4) is 0 Å². The van der Waals surface area contributed by atoms with Gasteiger partial charge in [-0.1, -0.05) is 30.3 Å². The first-order valence-corrected chi connectivity index (χ1v) is 17.1. The van der Waals surface area contributed by atoms with Gasteiger partial charge in [0.1, 0.15) is 11.3 Å². The summed E-state index contributed by atoms with van der Waals surface area (Å²) in [7, 11) is 0. The molecule has 1 saturated heterocycles. The predicted molar refractivity (Wildman–Crippen MR) is 181 cm³/mol. The second-order valence-electron chi connectivity index (χ2n) is 15.9. The summed E-state index contributed by atoms with van der Waals surface area (Å²) >= 11 is 0. The number of hydrogen-bond acceptors (Lipinski definition) is 7. The van der Waals surface area contributed by atoms with Crippen molar-refractivity contribution in [2.45, 2.75) is 104 Å². The van der Waals surface area contributed by atoms with Crippen LogP contribution < -0.4 is 21.9 Å². The predicted octanol–water partition coefficient (Wildman–Crippen LogP) is 5.68. The van der Waals surface area contributed by atoms with Crippen LogP contribution in [0.2, 0.25) is 0 Å². The van der Waals surface area contributed by atoms with Crippen LogP contribution in [0.5, 0.6) is 0 Å². The van der Waals surface area contributed by atoms with E-state index >= 15 is 0 Å². The topological polar surface area (TPSA) is 107 Å². The number of hydrogen-bond donors (Lipinski definition) is 1. The second-order valence-corrected chi connectivity index (χ2v) is 15.9. The Morgan fingerprint density at radius 2 is 1.45 bits per heavy atom. The third-order valence-electron chi connectivity index (χ3n) is 10.6. The molecule has 4 bridgehead atoms. The van der Waals surface area contributed by atoms with Gasteiger partial charge < -0.3 is 18.6 Å². The van der Waals surface area contributed by atoms with Gasteiger partial charge in [0.2, 0.25) is 5.36 Å². The fourth-order valence-corrected chi connectivity index (χ4v) is 9.28. The molecule has 250 valence electrons. The summed E-state index contributed by atoms with van der Waals surface area (Å²) in [5.74, 6) is 2.15. The molecule has 47 heavy (non-hydrogen) atoms. The van der Waals surface area contributed by atoms with E-state index in [1.165, 1.54) is 19.3 Å². The highest BCUT2D eigenvalue weighted by Gasteiger charge is 2.51. The number of fused-ring (bicyclic) bond motifs is 1. The monoisotopic (exact) mass is 641 g/mol. The summed E-state index contributed by atoms with van der Waals surface area (Å²) in [4.78, 5) is 44.4. The number of amides is 1. The standard InChI is InChI=1S/C37H47N5O5/c1-35(2,3)47-34(45)42-28(22-46-36(42,4)5)21-40-29-13-9-10-14-30(29)41(23-37-18-24-15-25(19-37)17-26(16-24)20-37)33(44)31(32(40)43)39-38-27-11-7-6-8-12-27/h6-14,24-26,28,38H,15-23H2,1-5H3/b39-31-/t24?,25?,26?,28-,37?/m0/s1. The summed E-state index contributed by atoms with van der Waals surface area (Å²) in [6.07, 6.45) is 6.76. The van der Waals surface area contributed by atoms with Crippen LogP contribution >= 0.6 is 0 Å². The van der Waals surface area contributed by atoms with E-state index in [1.54, 1.807) is 9.47 Å². The minimum Gasteiger partial charge on any atom is -0.444 e. The van der Waals surface area contributed by atoms with Gasteiger partial charge in [-0.25, -0.2) is 4.79 Å². The van der Waals surface area contributed by atoms with E-state index in [0.29, 0.717) is 41.0 Å². The number of aromatic nitrogens is 2. The first kappa shape index (κ1) is 31.7. The molecule has 1 amide bonds. The third-order valence-corrected chi connectivity index (χ3v) is 10.6. The number of anilines is 1. The van der Waals surface area contributed by atoms with Gasteiger partial charge in [0.15, 0.2) is 0 Å². The lowest BCUT2D eigenvalue weighted by Gasteiger charge is -2.57.